The zero-order valence-corrected chi connectivity index (χ0v) is 20.2. The number of rotatable bonds is 14. The Hall–Kier alpha value is 1.76. The van der Waals surface area contributed by atoms with Gasteiger partial charge in [0.15, 0.2) is 0 Å². The van der Waals surface area contributed by atoms with Crippen LogP contribution in [0.3, 0.4) is 0 Å². The predicted molar refractivity (Wildman–Crippen MR) is 109 cm³/mol. The van der Waals surface area contributed by atoms with Gasteiger partial charge in [0.25, 0.3) is 0 Å². The minimum atomic E-state index is -0.0211. The van der Waals surface area contributed by atoms with Crippen molar-refractivity contribution in [1.82, 2.24) is 5.32 Å². The summed E-state index contributed by atoms with van der Waals surface area (Å²) in [6, 6.07) is 0. The zero-order chi connectivity index (χ0) is 16.3. The van der Waals surface area contributed by atoms with Crippen LogP contribution in [0.2, 0.25) is 0 Å². The third-order valence-electron chi connectivity index (χ3n) is 3.72. The van der Waals surface area contributed by atoms with E-state index >= 15 is 0 Å². The van der Waals surface area contributed by atoms with Crippen LogP contribution in [0.15, 0.2) is 0 Å². The van der Waals surface area contributed by atoms with E-state index in [0.717, 1.165) is 0 Å². The average molecular weight is 537 g/mol. The zero-order valence-electron chi connectivity index (χ0n) is 14.7. The normalized spacial score (nSPS) is 10.9. The molecule has 134 valence electrons. The van der Waals surface area contributed by atoms with E-state index < -0.39 is 0 Å². The van der Waals surface area contributed by atoms with E-state index in [4.69, 9.17) is 9.58 Å². The van der Waals surface area contributed by atoms with Crippen LogP contribution < -0.4 is 5.32 Å². The Morgan fingerprint density at radius 2 is 0.905 bits per heavy atom. The summed E-state index contributed by atoms with van der Waals surface area (Å²) in [6.45, 7) is 12.0. The van der Waals surface area contributed by atoms with E-state index in [1.165, 1.54) is 93.6 Å². The van der Waals surface area contributed by atoms with Crippen molar-refractivity contribution in [3.05, 3.63) is 0 Å². The molecule has 0 heterocycles. The molecule has 0 aromatic rings. The van der Waals surface area contributed by atoms with Gasteiger partial charge >= 0.3 is 27.5 Å². The van der Waals surface area contributed by atoms with Crippen molar-refractivity contribution in [2.45, 2.75) is 53.4 Å². The van der Waals surface area contributed by atoms with Crippen LogP contribution in [0.4, 0.5) is 0 Å². The number of hydrogen-bond acceptors (Lipinski definition) is 1. The third-order valence-corrected chi connectivity index (χ3v) is 10.5. The van der Waals surface area contributed by atoms with Gasteiger partial charge in [0.2, 0.25) is 0 Å². The van der Waals surface area contributed by atoms with Gasteiger partial charge in [-0.25, -0.2) is 0 Å². The molecule has 0 spiro atoms. The van der Waals surface area contributed by atoms with Crippen molar-refractivity contribution in [2.24, 2.45) is 0 Å². The summed E-state index contributed by atoms with van der Waals surface area (Å²) >= 11 is 1.19. The molecule has 0 aromatic heterocycles. The van der Waals surface area contributed by atoms with Gasteiger partial charge in [-0.3, -0.25) is 0 Å². The molecule has 5 heteroatoms. The van der Waals surface area contributed by atoms with Gasteiger partial charge in [-0.1, -0.05) is 27.7 Å². The van der Waals surface area contributed by atoms with E-state index in [-0.39, 0.29) is 15.8 Å². The molecule has 0 rings (SSSR count). The molecule has 1 nitrogen and oxygen atoms in total. The molecule has 0 unspecified atom stereocenters. The van der Waals surface area contributed by atoms with E-state index in [2.05, 4.69) is 33.0 Å². The quantitative estimate of drug-likeness (QED) is 0.248. The van der Waals surface area contributed by atoms with E-state index in [9.17, 15) is 0 Å². The Kier molecular flexibility index (Phi) is 25.9. The van der Waals surface area contributed by atoms with E-state index in [0.29, 0.717) is 0 Å². The molecule has 0 aliphatic carbocycles. The summed E-state index contributed by atoms with van der Waals surface area (Å²) in [6.07, 6.45) is 14.7. The summed E-state index contributed by atoms with van der Waals surface area (Å²) in [5.74, 6) is 0. The molecule has 0 saturated carbocycles. The van der Waals surface area contributed by atoms with Crippen LogP contribution >= 0.6 is 25.4 Å². The first-order chi connectivity index (χ1) is 10.3. The Bertz CT molecular complexity index is 158. The first-order valence-electron chi connectivity index (χ1n) is 8.80. The van der Waals surface area contributed by atoms with Crippen LogP contribution in [-0.2, 0) is 17.9 Å². The fourth-order valence-electron chi connectivity index (χ4n) is 2.82. The fourth-order valence-corrected chi connectivity index (χ4v) is 8.21. The number of nitrogens with one attached hydrogen (secondary N) is 1. The van der Waals surface area contributed by atoms with Crippen LogP contribution in [0.5, 0.6) is 0 Å². The van der Waals surface area contributed by atoms with Gasteiger partial charge in [-0.2, -0.15) is 0 Å². The van der Waals surface area contributed by atoms with Crippen LogP contribution in [0.25, 0.3) is 0 Å². The van der Waals surface area contributed by atoms with Gasteiger partial charge in [-0.05, 0) is 25.7 Å². The molecule has 21 heavy (non-hydrogen) atoms. The molecule has 0 saturated heterocycles. The molecular weight excluding hydrogens is 496 g/mol. The Morgan fingerprint density at radius 1 is 0.619 bits per heavy atom. The minimum absolute atomic E-state index is 0.0211. The number of hydrogen-bond donors (Lipinski definition) is 1. The Morgan fingerprint density at radius 3 is 1.14 bits per heavy atom. The van der Waals surface area contributed by atoms with Crippen molar-refractivity contribution < 1.29 is 17.9 Å². The molecule has 0 radical (unpaired) electrons. The second kappa shape index (κ2) is 21.8. The predicted octanol–water partition coefficient (Wildman–Crippen LogP) is 4.80. The Balaban J connectivity index is 0. The molecule has 0 aliphatic rings. The van der Waals surface area contributed by atoms with E-state index in [1.807, 2.05) is 0 Å². The average Bonchev–Trinajstić information content (AvgIpc) is 2.49. The summed E-state index contributed by atoms with van der Waals surface area (Å²) < 4.78 is 0. The van der Waals surface area contributed by atoms with Crippen LogP contribution in [0.1, 0.15) is 53.4 Å². The molecule has 0 atom stereocenters. The van der Waals surface area contributed by atoms with Crippen molar-refractivity contribution in [1.29, 1.82) is 0 Å². The topological polar surface area (TPSA) is 12.0 Å². The number of halogens is 1. The van der Waals surface area contributed by atoms with Crippen molar-refractivity contribution in [3.8, 4) is 0 Å². The summed E-state index contributed by atoms with van der Waals surface area (Å²) in [7, 11) is 4.65. The summed E-state index contributed by atoms with van der Waals surface area (Å²) in [5.41, 5.74) is 0. The molecule has 0 bridgehead atoms. The summed E-state index contributed by atoms with van der Waals surface area (Å²) in [4.78, 5) is 0. The first-order valence-corrected chi connectivity index (χ1v) is 16.4. The van der Waals surface area contributed by atoms with Crippen LogP contribution in [0, 0.1) is 0 Å². The maximum absolute atomic E-state index is 4.69. The van der Waals surface area contributed by atoms with Crippen molar-refractivity contribution in [2.75, 3.05) is 50.1 Å². The maximum atomic E-state index is 4.69. The van der Waals surface area contributed by atoms with Gasteiger partial charge in [-0.15, -0.1) is 0 Å². The molecule has 1 N–H and O–H groups in total. The van der Waals surface area contributed by atoms with Crippen molar-refractivity contribution >= 4 is 25.4 Å². The molecule has 0 aromatic carbocycles. The summed E-state index contributed by atoms with van der Waals surface area (Å²) in [5, 5.41) is 3.73. The monoisotopic (exact) mass is 537 g/mol. The molecule has 0 amide bonds. The van der Waals surface area contributed by atoms with Gasteiger partial charge in [0.1, 0.15) is 0 Å². The van der Waals surface area contributed by atoms with E-state index in [1.54, 1.807) is 0 Å². The fraction of sp³-hybridized carbons (Fsp3) is 1.00. The second-order valence-electron chi connectivity index (χ2n) is 5.75. The van der Waals surface area contributed by atoms with Crippen LogP contribution in [-0.4, -0.2) is 50.1 Å². The van der Waals surface area contributed by atoms with Crippen molar-refractivity contribution in [3.63, 3.8) is 0 Å². The second-order valence-corrected chi connectivity index (χ2v) is 11.7. The standard InChI is InChI=1S/C16H37NP2.ClH.Ir.2H/c1-5-11-18(12-6-2)15-9-17-10-16-19(13-7-3)14-8-4;;;;/h17H,5-16H2,1-4H3;1H;;;/q;;+1;;/p+1. The first kappa shape index (κ1) is 25.0. The van der Waals surface area contributed by atoms with Gasteiger partial charge in [0.05, 0.1) is 37.0 Å². The van der Waals surface area contributed by atoms with Gasteiger partial charge in [0, 0.05) is 28.9 Å². The molecular formula is C16H41ClIrNP2+2. The third kappa shape index (κ3) is 17.9. The Labute approximate surface area is 151 Å². The SMILES string of the molecule is CCC[PH+](CCC)CCNCC[PH+](CCC)CCC.[Cl][IrH2]. The molecule has 0 aliphatic heterocycles. The van der Waals surface area contributed by atoms with Gasteiger partial charge < -0.3 is 5.32 Å². The molecule has 0 fully saturated rings.